The molecule has 0 fully saturated rings. The number of furan rings is 1. The lowest BCUT2D eigenvalue weighted by Crippen LogP contribution is -2.16. The molecule has 4 aromatic rings. The van der Waals surface area contributed by atoms with Gasteiger partial charge in [0.25, 0.3) is 0 Å². The fourth-order valence-electron chi connectivity index (χ4n) is 3.14. The summed E-state index contributed by atoms with van der Waals surface area (Å²) in [6, 6.07) is 17.4. The van der Waals surface area contributed by atoms with Gasteiger partial charge in [-0.05, 0) is 57.4 Å². The maximum absolute atomic E-state index is 9.24. The van der Waals surface area contributed by atoms with Crippen molar-refractivity contribution in [2.45, 2.75) is 6.42 Å². The SMILES string of the molecule is CN(C)CCCNc1nc(-c2cc3ccccc3o2)nc2ccc(C#N)cc12. The second-order valence-electron chi connectivity index (χ2n) is 6.97. The monoisotopic (exact) mass is 371 g/mol. The Balaban J connectivity index is 1.75. The molecule has 0 aliphatic rings. The molecule has 0 saturated heterocycles. The molecule has 2 heterocycles. The van der Waals surface area contributed by atoms with Crippen LogP contribution in [-0.2, 0) is 0 Å². The molecule has 140 valence electrons. The van der Waals surface area contributed by atoms with E-state index >= 15 is 0 Å². The number of rotatable bonds is 6. The third kappa shape index (κ3) is 3.66. The molecule has 0 aliphatic carbocycles. The van der Waals surface area contributed by atoms with Crippen molar-refractivity contribution in [2.24, 2.45) is 0 Å². The Hall–Kier alpha value is -3.43. The van der Waals surface area contributed by atoms with E-state index in [0.29, 0.717) is 17.1 Å². The van der Waals surface area contributed by atoms with Gasteiger partial charge in [-0.1, -0.05) is 18.2 Å². The van der Waals surface area contributed by atoms with Crippen LogP contribution in [0.2, 0.25) is 0 Å². The van der Waals surface area contributed by atoms with Gasteiger partial charge in [0.05, 0.1) is 17.1 Å². The van der Waals surface area contributed by atoms with E-state index in [0.717, 1.165) is 47.2 Å². The average molecular weight is 371 g/mol. The standard InChI is InChI=1S/C22H21N5O/c1-27(2)11-5-10-24-21-17-12-15(14-23)8-9-18(17)25-22(26-21)20-13-16-6-3-4-7-19(16)28-20/h3-4,6-9,12-13H,5,10-11H2,1-2H3,(H,24,25,26). The van der Waals surface area contributed by atoms with Crippen LogP contribution in [0, 0.1) is 11.3 Å². The van der Waals surface area contributed by atoms with Crippen LogP contribution in [0.1, 0.15) is 12.0 Å². The van der Waals surface area contributed by atoms with Gasteiger partial charge in [-0.3, -0.25) is 0 Å². The van der Waals surface area contributed by atoms with Gasteiger partial charge in [0.15, 0.2) is 11.6 Å². The highest BCUT2D eigenvalue weighted by Gasteiger charge is 2.14. The normalized spacial score (nSPS) is 11.2. The second-order valence-corrected chi connectivity index (χ2v) is 6.97. The number of para-hydroxylation sites is 1. The molecular weight excluding hydrogens is 350 g/mol. The number of benzene rings is 2. The number of hydrogen-bond acceptors (Lipinski definition) is 6. The summed E-state index contributed by atoms with van der Waals surface area (Å²) in [5.74, 6) is 1.88. The summed E-state index contributed by atoms with van der Waals surface area (Å²) >= 11 is 0. The number of nitriles is 1. The zero-order valence-corrected chi connectivity index (χ0v) is 15.9. The Morgan fingerprint density at radius 3 is 2.75 bits per heavy atom. The van der Waals surface area contributed by atoms with Crippen LogP contribution in [0.4, 0.5) is 5.82 Å². The number of anilines is 1. The van der Waals surface area contributed by atoms with Gasteiger partial charge in [-0.2, -0.15) is 5.26 Å². The van der Waals surface area contributed by atoms with Crippen molar-refractivity contribution in [1.29, 1.82) is 5.26 Å². The van der Waals surface area contributed by atoms with E-state index in [1.807, 2.05) is 42.5 Å². The molecule has 1 N–H and O–H groups in total. The molecule has 2 aromatic heterocycles. The first-order valence-electron chi connectivity index (χ1n) is 9.23. The molecule has 0 saturated carbocycles. The number of fused-ring (bicyclic) bond motifs is 2. The first kappa shape index (κ1) is 18.0. The molecule has 0 amide bonds. The zero-order chi connectivity index (χ0) is 19.5. The third-order valence-electron chi connectivity index (χ3n) is 4.55. The molecule has 0 aliphatic heterocycles. The van der Waals surface area contributed by atoms with Crippen molar-refractivity contribution >= 4 is 27.7 Å². The fourth-order valence-corrected chi connectivity index (χ4v) is 3.14. The molecule has 28 heavy (non-hydrogen) atoms. The number of nitrogens with one attached hydrogen (secondary N) is 1. The van der Waals surface area contributed by atoms with Crippen molar-refractivity contribution < 1.29 is 4.42 Å². The zero-order valence-electron chi connectivity index (χ0n) is 15.9. The Kier molecular flexibility index (Phi) is 4.92. The predicted molar refractivity (Wildman–Crippen MR) is 111 cm³/mol. The molecule has 6 nitrogen and oxygen atoms in total. The Morgan fingerprint density at radius 2 is 1.96 bits per heavy atom. The Labute approximate surface area is 163 Å². The van der Waals surface area contributed by atoms with Gasteiger partial charge < -0.3 is 14.6 Å². The summed E-state index contributed by atoms with van der Waals surface area (Å²) in [6.07, 6.45) is 0.983. The van der Waals surface area contributed by atoms with Gasteiger partial charge >= 0.3 is 0 Å². The minimum Gasteiger partial charge on any atom is -0.453 e. The number of hydrogen-bond donors (Lipinski definition) is 1. The summed E-state index contributed by atoms with van der Waals surface area (Å²) in [5.41, 5.74) is 2.17. The summed E-state index contributed by atoms with van der Waals surface area (Å²) in [5, 5.41) is 14.5. The van der Waals surface area contributed by atoms with Gasteiger partial charge in [0, 0.05) is 17.3 Å². The second kappa shape index (κ2) is 7.67. The van der Waals surface area contributed by atoms with Gasteiger partial charge in [-0.25, -0.2) is 9.97 Å². The summed E-state index contributed by atoms with van der Waals surface area (Å²) in [6.45, 7) is 1.76. The van der Waals surface area contributed by atoms with E-state index in [1.54, 1.807) is 6.07 Å². The van der Waals surface area contributed by atoms with E-state index in [-0.39, 0.29) is 0 Å². The lowest BCUT2D eigenvalue weighted by atomic mass is 10.1. The molecule has 0 spiro atoms. The largest absolute Gasteiger partial charge is 0.453 e. The molecule has 0 radical (unpaired) electrons. The quantitative estimate of drug-likeness (QED) is 0.510. The summed E-state index contributed by atoms with van der Waals surface area (Å²) < 4.78 is 5.95. The van der Waals surface area contributed by atoms with Crippen molar-refractivity contribution in [3.63, 3.8) is 0 Å². The molecule has 4 rings (SSSR count). The van der Waals surface area contributed by atoms with Gasteiger partial charge in [0.2, 0.25) is 0 Å². The summed E-state index contributed by atoms with van der Waals surface area (Å²) in [7, 11) is 4.11. The third-order valence-corrected chi connectivity index (χ3v) is 4.55. The molecule has 6 heteroatoms. The maximum Gasteiger partial charge on any atom is 0.198 e. The topological polar surface area (TPSA) is 78.0 Å². The minimum atomic E-state index is 0.531. The van der Waals surface area contributed by atoms with E-state index in [9.17, 15) is 5.26 Å². The van der Waals surface area contributed by atoms with E-state index in [2.05, 4.69) is 35.4 Å². The highest BCUT2D eigenvalue weighted by molar-refractivity contribution is 5.92. The van der Waals surface area contributed by atoms with E-state index in [1.165, 1.54) is 0 Å². The van der Waals surface area contributed by atoms with Crippen molar-refractivity contribution in [2.75, 3.05) is 32.5 Å². The smallest absolute Gasteiger partial charge is 0.198 e. The molecule has 0 atom stereocenters. The van der Waals surface area contributed by atoms with E-state index in [4.69, 9.17) is 9.40 Å². The fraction of sp³-hybridized carbons (Fsp3) is 0.227. The predicted octanol–water partition coefficient (Wildman–Crippen LogP) is 4.28. The highest BCUT2D eigenvalue weighted by atomic mass is 16.3. The van der Waals surface area contributed by atoms with Crippen molar-refractivity contribution in [3.8, 4) is 17.7 Å². The van der Waals surface area contributed by atoms with Crippen molar-refractivity contribution in [1.82, 2.24) is 14.9 Å². The van der Waals surface area contributed by atoms with Gasteiger partial charge in [0.1, 0.15) is 11.4 Å². The number of nitrogens with zero attached hydrogens (tertiary/aromatic N) is 4. The van der Waals surface area contributed by atoms with E-state index < -0.39 is 0 Å². The molecule has 0 unspecified atom stereocenters. The molecule has 2 aromatic carbocycles. The van der Waals surface area contributed by atoms with Gasteiger partial charge in [-0.15, -0.1) is 0 Å². The van der Waals surface area contributed by atoms with Crippen LogP contribution in [0.25, 0.3) is 33.5 Å². The summed E-state index contributed by atoms with van der Waals surface area (Å²) in [4.78, 5) is 11.5. The number of aromatic nitrogens is 2. The van der Waals surface area contributed by atoms with Crippen LogP contribution < -0.4 is 5.32 Å². The van der Waals surface area contributed by atoms with Crippen LogP contribution in [-0.4, -0.2) is 42.1 Å². The molecule has 0 bridgehead atoms. The lowest BCUT2D eigenvalue weighted by molar-refractivity contribution is 0.405. The van der Waals surface area contributed by atoms with Crippen LogP contribution in [0.5, 0.6) is 0 Å². The first-order valence-corrected chi connectivity index (χ1v) is 9.23. The van der Waals surface area contributed by atoms with Crippen molar-refractivity contribution in [3.05, 3.63) is 54.1 Å². The van der Waals surface area contributed by atoms with Crippen LogP contribution in [0.3, 0.4) is 0 Å². The maximum atomic E-state index is 9.24. The molecular formula is C22H21N5O. The van der Waals surface area contributed by atoms with Crippen LogP contribution >= 0.6 is 0 Å². The Morgan fingerprint density at radius 1 is 1.11 bits per heavy atom. The highest BCUT2D eigenvalue weighted by Crippen LogP contribution is 2.29. The minimum absolute atomic E-state index is 0.531. The Bertz CT molecular complexity index is 1140. The lowest BCUT2D eigenvalue weighted by Gasteiger charge is -2.12. The first-order chi connectivity index (χ1) is 13.6. The average Bonchev–Trinajstić information content (AvgIpc) is 3.14. The van der Waals surface area contributed by atoms with Crippen LogP contribution in [0.15, 0.2) is 52.9 Å².